The maximum atomic E-state index is 5.71. The third-order valence-corrected chi connectivity index (χ3v) is 3.50. The van der Waals surface area contributed by atoms with Gasteiger partial charge < -0.3 is 11.1 Å². The van der Waals surface area contributed by atoms with Crippen molar-refractivity contribution in [1.82, 2.24) is 29.5 Å². The molecule has 0 aromatic carbocycles. The van der Waals surface area contributed by atoms with E-state index >= 15 is 0 Å². The van der Waals surface area contributed by atoms with Gasteiger partial charge in [0.15, 0.2) is 0 Å². The number of anilines is 2. The van der Waals surface area contributed by atoms with Gasteiger partial charge in [-0.05, 0) is 6.92 Å². The number of imidazole rings is 1. The first kappa shape index (κ1) is 12.5. The first-order chi connectivity index (χ1) is 9.72. The van der Waals surface area contributed by atoms with E-state index in [1.54, 1.807) is 40.8 Å². The number of nitrogen functional groups attached to an aromatic ring is 1. The van der Waals surface area contributed by atoms with Crippen LogP contribution >= 0.6 is 11.3 Å². The SMILES string of the molecule is CC(Nc1nc(N)nc(-n2ccnc2)n1)c1nccs1. The van der Waals surface area contributed by atoms with Gasteiger partial charge in [-0.2, -0.15) is 15.0 Å². The summed E-state index contributed by atoms with van der Waals surface area (Å²) < 4.78 is 1.66. The fourth-order valence-electron chi connectivity index (χ4n) is 1.64. The summed E-state index contributed by atoms with van der Waals surface area (Å²) in [7, 11) is 0. The molecular formula is C11H12N8S. The molecule has 3 rings (SSSR count). The minimum absolute atomic E-state index is 0.00700. The standard InChI is InChI=1S/C11H12N8S/c1-7(8-14-3-5-20-8)15-10-16-9(12)17-11(18-10)19-4-2-13-6-19/h2-7H,1H3,(H3,12,15,16,17,18). The summed E-state index contributed by atoms with van der Waals surface area (Å²) >= 11 is 1.57. The highest BCUT2D eigenvalue weighted by Crippen LogP contribution is 2.19. The van der Waals surface area contributed by atoms with Crippen LogP contribution in [0.4, 0.5) is 11.9 Å². The summed E-state index contributed by atoms with van der Waals surface area (Å²) in [5, 5.41) is 6.03. The fourth-order valence-corrected chi connectivity index (χ4v) is 2.29. The average molecular weight is 288 g/mol. The highest BCUT2D eigenvalue weighted by molar-refractivity contribution is 7.09. The van der Waals surface area contributed by atoms with Gasteiger partial charge in [-0.3, -0.25) is 4.57 Å². The fraction of sp³-hybridized carbons (Fsp3) is 0.182. The number of nitrogens with two attached hydrogens (primary N) is 1. The molecule has 1 unspecified atom stereocenters. The van der Waals surface area contributed by atoms with Gasteiger partial charge in [0.05, 0.1) is 6.04 Å². The van der Waals surface area contributed by atoms with E-state index in [9.17, 15) is 0 Å². The van der Waals surface area contributed by atoms with Crippen molar-refractivity contribution in [1.29, 1.82) is 0 Å². The third-order valence-electron chi connectivity index (χ3n) is 2.54. The zero-order valence-corrected chi connectivity index (χ0v) is 11.4. The molecule has 0 aliphatic rings. The van der Waals surface area contributed by atoms with Gasteiger partial charge in [-0.15, -0.1) is 11.3 Å². The first-order valence-electron chi connectivity index (χ1n) is 5.88. The van der Waals surface area contributed by atoms with Crippen LogP contribution in [0.1, 0.15) is 18.0 Å². The minimum Gasteiger partial charge on any atom is -0.368 e. The van der Waals surface area contributed by atoms with Crippen molar-refractivity contribution in [3.05, 3.63) is 35.3 Å². The Balaban J connectivity index is 1.87. The molecule has 3 heterocycles. The second kappa shape index (κ2) is 5.21. The van der Waals surface area contributed by atoms with E-state index in [0.717, 1.165) is 5.01 Å². The Morgan fingerprint density at radius 2 is 2.20 bits per heavy atom. The molecule has 0 spiro atoms. The van der Waals surface area contributed by atoms with Crippen molar-refractivity contribution < 1.29 is 0 Å². The Morgan fingerprint density at radius 1 is 1.30 bits per heavy atom. The third kappa shape index (κ3) is 2.57. The topological polar surface area (TPSA) is 107 Å². The molecule has 0 radical (unpaired) electrons. The lowest BCUT2D eigenvalue weighted by molar-refractivity contribution is 0.829. The Labute approximate surface area is 118 Å². The molecule has 102 valence electrons. The molecule has 8 nitrogen and oxygen atoms in total. The second-order valence-electron chi connectivity index (χ2n) is 4.02. The Bertz CT molecular complexity index is 679. The molecule has 0 fully saturated rings. The van der Waals surface area contributed by atoms with Crippen LogP contribution in [-0.2, 0) is 0 Å². The summed E-state index contributed by atoms with van der Waals surface area (Å²) in [6, 6.07) is -0.00700. The molecule has 0 aliphatic carbocycles. The number of hydrogen-bond acceptors (Lipinski definition) is 8. The van der Waals surface area contributed by atoms with Gasteiger partial charge in [0, 0.05) is 24.0 Å². The summed E-state index contributed by atoms with van der Waals surface area (Å²) in [4.78, 5) is 20.7. The highest BCUT2D eigenvalue weighted by Gasteiger charge is 2.12. The smallest absolute Gasteiger partial charge is 0.241 e. The van der Waals surface area contributed by atoms with Crippen LogP contribution in [-0.4, -0.2) is 29.5 Å². The molecule has 0 aliphatic heterocycles. The lowest BCUT2D eigenvalue weighted by atomic mass is 10.4. The normalized spacial score (nSPS) is 12.2. The minimum atomic E-state index is -0.00700. The van der Waals surface area contributed by atoms with Crippen LogP contribution < -0.4 is 11.1 Å². The molecule has 9 heteroatoms. The molecule has 20 heavy (non-hydrogen) atoms. The van der Waals surface area contributed by atoms with Crippen LogP contribution in [0.15, 0.2) is 30.3 Å². The molecule has 1 atom stereocenters. The lowest BCUT2D eigenvalue weighted by Gasteiger charge is -2.12. The number of nitrogens with one attached hydrogen (secondary N) is 1. The van der Waals surface area contributed by atoms with Gasteiger partial charge in [-0.1, -0.05) is 0 Å². The van der Waals surface area contributed by atoms with Crippen LogP contribution in [0.2, 0.25) is 0 Å². The zero-order valence-electron chi connectivity index (χ0n) is 10.6. The molecule has 0 saturated heterocycles. The largest absolute Gasteiger partial charge is 0.368 e. The van der Waals surface area contributed by atoms with Crippen molar-refractivity contribution >= 4 is 23.2 Å². The second-order valence-corrected chi connectivity index (χ2v) is 4.95. The van der Waals surface area contributed by atoms with Gasteiger partial charge in [0.25, 0.3) is 0 Å². The highest BCUT2D eigenvalue weighted by atomic mass is 32.1. The van der Waals surface area contributed by atoms with E-state index in [-0.39, 0.29) is 12.0 Å². The van der Waals surface area contributed by atoms with Crippen LogP contribution in [0.25, 0.3) is 5.95 Å². The van der Waals surface area contributed by atoms with Crippen molar-refractivity contribution in [3.63, 3.8) is 0 Å². The predicted molar refractivity (Wildman–Crippen MR) is 75.5 cm³/mol. The van der Waals surface area contributed by atoms with E-state index in [2.05, 4.69) is 30.2 Å². The summed E-state index contributed by atoms with van der Waals surface area (Å²) in [6.07, 6.45) is 6.74. The van der Waals surface area contributed by atoms with E-state index in [0.29, 0.717) is 11.9 Å². The maximum absolute atomic E-state index is 5.71. The molecular weight excluding hydrogens is 276 g/mol. The first-order valence-corrected chi connectivity index (χ1v) is 6.76. The molecule has 3 N–H and O–H groups in total. The van der Waals surface area contributed by atoms with Crippen molar-refractivity contribution in [2.75, 3.05) is 11.1 Å². The number of hydrogen-bond donors (Lipinski definition) is 2. The van der Waals surface area contributed by atoms with Gasteiger partial charge in [0.1, 0.15) is 11.3 Å². The van der Waals surface area contributed by atoms with E-state index in [1.165, 1.54) is 0 Å². The van der Waals surface area contributed by atoms with E-state index < -0.39 is 0 Å². The number of rotatable bonds is 4. The van der Waals surface area contributed by atoms with Crippen molar-refractivity contribution in [2.45, 2.75) is 13.0 Å². The summed E-state index contributed by atoms with van der Waals surface area (Å²) in [5.74, 6) is 0.977. The zero-order chi connectivity index (χ0) is 13.9. The molecule has 0 saturated carbocycles. The number of thiazole rings is 1. The predicted octanol–water partition coefficient (Wildman–Crippen LogP) is 1.27. The molecule has 3 aromatic heterocycles. The Morgan fingerprint density at radius 3 is 2.90 bits per heavy atom. The monoisotopic (exact) mass is 288 g/mol. The van der Waals surface area contributed by atoms with Crippen molar-refractivity contribution in [2.24, 2.45) is 0 Å². The van der Waals surface area contributed by atoms with E-state index in [1.807, 2.05) is 12.3 Å². The van der Waals surface area contributed by atoms with Gasteiger partial charge in [-0.25, -0.2) is 9.97 Å². The van der Waals surface area contributed by atoms with Gasteiger partial charge >= 0.3 is 0 Å². The summed E-state index contributed by atoms with van der Waals surface area (Å²) in [6.45, 7) is 1.98. The van der Waals surface area contributed by atoms with Gasteiger partial charge in [0.2, 0.25) is 17.8 Å². The number of aromatic nitrogens is 6. The average Bonchev–Trinajstić information content (AvgIpc) is 3.12. The van der Waals surface area contributed by atoms with Crippen LogP contribution in [0.3, 0.4) is 0 Å². The Hall–Kier alpha value is -2.55. The number of nitrogens with zero attached hydrogens (tertiary/aromatic N) is 6. The maximum Gasteiger partial charge on any atom is 0.241 e. The van der Waals surface area contributed by atoms with Crippen LogP contribution in [0, 0.1) is 0 Å². The molecule has 0 bridgehead atoms. The molecule has 0 amide bonds. The molecule has 3 aromatic rings. The van der Waals surface area contributed by atoms with E-state index in [4.69, 9.17) is 5.73 Å². The van der Waals surface area contributed by atoms with Crippen LogP contribution in [0.5, 0.6) is 0 Å². The van der Waals surface area contributed by atoms with Crippen molar-refractivity contribution in [3.8, 4) is 5.95 Å². The quantitative estimate of drug-likeness (QED) is 0.744. The summed E-state index contributed by atoms with van der Waals surface area (Å²) in [5.41, 5.74) is 5.71. The Kier molecular flexibility index (Phi) is 3.25. The lowest BCUT2D eigenvalue weighted by Crippen LogP contribution is -2.13.